The van der Waals surface area contributed by atoms with Crippen molar-refractivity contribution >= 4 is 16.3 Å². The van der Waals surface area contributed by atoms with E-state index >= 15 is 0 Å². The van der Waals surface area contributed by atoms with Gasteiger partial charge in [-0.25, -0.2) is 4.18 Å². The van der Waals surface area contributed by atoms with E-state index in [-0.39, 0.29) is 0 Å². The van der Waals surface area contributed by atoms with Crippen LogP contribution >= 0.6 is 0 Å². The van der Waals surface area contributed by atoms with Crippen molar-refractivity contribution in [1.29, 1.82) is 0 Å². The maximum atomic E-state index is 12.4. The Kier molecular flexibility index (Phi) is 20.4. The number of nitrogens with one attached hydrogen (secondary N) is 1. The molecule has 420 valence electrons. The largest absolute Gasteiger partial charge is 0.397 e. The number of hydrogen-bond acceptors (Lipinski definition) is 31. The molecule has 0 aromatic carbocycles. The second kappa shape index (κ2) is 24.7. The van der Waals surface area contributed by atoms with Gasteiger partial charge < -0.3 is 139 Å². The smallest absolute Gasteiger partial charge is 0.394 e. The molecule has 30 atom stereocenters. The summed E-state index contributed by atoms with van der Waals surface area (Å²) in [7, 11) is -5.52. The number of aliphatic hydroxyl groups excluding tert-OH is 16. The molecule has 0 saturated carbocycles. The highest BCUT2D eigenvalue weighted by Gasteiger charge is 2.60. The summed E-state index contributed by atoms with van der Waals surface area (Å²) >= 11 is 0. The van der Waals surface area contributed by atoms with E-state index in [1.165, 1.54) is 13.8 Å². The molecule has 18 N–H and O–H groups in total. The molecule has 1 amide bonds. The van der Waals surface area contributed by atoms with Crippen LogP contribution in [0.5, 0.6) is 0 Å². The van der Waals surface area contributed by atoms with Crippen LogP contribution in [0.25, 0.3) is 0 Å². The molecule has 6 rings (SSSR count). The van der Waals surface area contributed by atoms with Crippen LogP contribution in [-0.4, -0.2) is 311 Å². The zero-order valence-corrected chi connectivity index (χ0v) is 39.1. The molecule has 6 fully saturated rings. The lowest BCUT2D eigenvalue weighted by Crippen LogP contribution is -2.71. The molecule has 72 heavy (non-hydrogen) atoms. The Morgan fingerprint density at radius 3 is 1.35 bits per heavy atom. The topological polar surface area (TPSA) is 518 Å². The predicted octanol–water partition coefficient (Wildman–Crippen LogP) is -12.1. The van der Waals surface area contributed by atoms with Crippen molar-refractivity contribution in [3.63, 3.8) is 0 Å². The van der Waals surface area contributed by atoms with Crippen LogP contribution in [0.3, 0.4) is 0 Å². The molecule has 0 spiro atoms. The van der Waals surface area contributed by atoms with Gasteiger partial charge in [0.1, 0.15) is 134 Å². The molecule has 33 nitrogen and oxygen atoms in total. The number of aliphatic hydroxyl groups is 16. The maximum absolute atomic E-state index is 12.4. The minimum atomic E-state index is -5.52. The van der Waals surface area contributed by atoms with E-state index in [1.54, 1.807) is 0 Å². The van der Waals surface area contributed by atoms with Crippen molar-refractivity contribution in [2.75, 3.05) is 26.4 Å². The lowest BCUT2D eigenvalue weighted by atomic mass is 9.94. The van der Waals surface area contributed by atoms with Gasteiger partial charge in [0.15, 0.2) is 37.7 Å². The fourth-order valence-corrected chi connectivity index (χ4v) is 9.50. The minimum absolute atomic E-state index is 0.844. The van der Waals surface area contributed by atoms with Gasteiger partial charge in [-0.2, -0.15) is 8.42 Å². The molecular weight excluding hydrogens is 1010 g/mol. The second-order valence-electron chi connectivity index (χ2n) is 18.0. The molecular formula is C38H65NO32S. The SMILES string of the molecule is CC(=O)N[C@H]1C(O)O[C@H](CO)[C@H](O)[C@@H]1O[C@@H]1O[C@H](CO)[C@H](O[C@@H]2O[C@H](CO)[C@H](O)[C@H](OS(=O)(=O)O)[C@H]2O)[C@H](O[C@@H]2O[C@H](CO)[C@H](O)[C@H](O)[C@H]2O[C@@H]2O[C@@H](C)[C@@H](O)[C@@H](O)[C@@H]2O)[C@H]1O[C@@H]1O[C@@H](C)[C@@H](O)[C@@H](O)[C@@H]1O. The van der Waals surface area contributed by atoms with Crippen LogP contribution < -0.4 is 5.32 Å². The van der Waals surface area contributed by atoms with Crippen LogP contribution in [0.4, 0.5) is 0 Å². The van der Waals surface area contributed by atoms with E-state index in [0.717, 1.165) is 6.92 Å². The highest BCUT2D eigenvalue weighted by atomic mass is 32.3. The molecule has 0 aromatic heterocycles. The highest BCUT2D eigenvalue weighted by molar-refractivity contribution is 7.80. The summed E-state index contributed by atoms with van der Waals surface area (Å²) in [5.74, 6) is -0.844. The van der Waals surface area contributed by atoms with E-state index in [4.69, 9.17) is 52.1 Å². The molecule has 6 aliphatic heterocycles. The third kappa shape index (κ3) is 12.8. The monoisotopic (exact) mass is 1080 g/mol. The molecule has 0 aliphatic carbocycles. The normalized spacial score (nSPS) is 50.6. The molecule has 0 bridgehead atoms. The number of rotatable bonds is 17. The minimum Gasteiger partial charge on any atom is -0.394 e. The molecule has 34 heteroatoms. The van der Waals surface area contributed by atoms with Crippen LogP contribution in [0.15, 0.2) is 0 Å². The maximum Gasteiger partial charge on any atom is 0.397 e. The summed E-state index contributed by atoms with van der Waals surface area (Å²) in [6, 6.07) is -1.76. The van der Waals surface area contributed by atoms with Gasteiger partial charge in [-0.1, -0.05) is 0 Å². The first-order chi connectivity index (χ1) is 33.8. The van der Waals surface area contributed by atoms with Gasteiger partial charge in [-0.3, -0.25) is 9.35 Å². The van der Waals surface area contributed by atoms with E-state index in [1.807, 2.05) is 0 Å². The van der Waals surface area contributed by atoms with Gasteiger partial charge >= 0.3 is 10.4 Å². The highest BCUT2D eigenvalue weighted by Crippen LogP contribution is 2.40. The molecule has 6 saturated heterocycles. The van der Waals surface area contributed by atoms with Gasteiger partial charge in [0, 0.05) is 6.92 Å². The Morgan fingerprint density at radius 1 is 0.431 bits per heavy atom. The van der Waals surface area contributed by atoms with Gasteiger partial charge in [0.2, 0.25) is 5.91 Å². The molecule has 6 heterocycles. The zero-order chi connectivity index (χ0) is 53.4. The first kappa shape index (κ1) is 59.5. The van der Waals surface area contributed by atoms with Gasteiger partial charge in [0.05, 0.1) is 38.6 Å². The zero-order valence-electron chi connectivity index (χ0n) is 38.3. The van der Waals surface area contributed by atoms with Crippen molar-refractivity contribution in [3.8, 4) is 0 Å². The fourth-order valence-electron chi connectivity index (χ4n) is 8.99. The van der Waals surface area contributed by atoms with E-state index in [2.05, 4.69) is 9.50 Å². The Morgan fingerprint density at radius 2 is 0.833 bits per heavy atom. The average molecular weight is 1080 g/mol. The Bertz CT molecular complexity index is 1850. The lowest BCUT2D eigenvalue weighted by molar-refractivity contribution is -0.421. The summed E-state index contributed by atoms with van der Waals surface area (Å²) < 4.78 is 103. The van der Waals surface area contributed by atoms with Crippen molar-refractivity contribution in [1.82, 2.24) is 5.32 Å². The number of carbonyl (C=O) groups excluding carboxylic acids is 1. The summed E-state index contributed by atoms with van der Waals surface area (Å²) in [6.07, 6.45) is -59.3. The fraction of sp³-hybridized carbons (Fsp3) is 0.974. The van der Waals surface area contributed by atoms with Crippen LogP contribution in [0.1, 0.15) is 20.8 Å². The van der Waals surface area contributed by atoms with Crippen molar-refractivity contribution in [3.05, 3.63) is 0 Å². The van der Waals surface area contributed by atoms with Gasteiger partial charge in [-0.05, 0) is 13.8 Å². The first-order valence-electron chi connectivity index (χ1n) is 22.5. The predicted molar refractivity (Wildman–Crippen MR) is 218 cm³/mol. The third-order valence-corrected chi connectivity index (χ3v) is 13.4. The number of carbonyl (C=O) groups is 1. The van der Waals surface area contributed by atoms with E-state index in [0.29, 0.717) is 0 Å². The number of ether oxygens (including phenoxy) is 11. The molecule has 6 aliphatic rings. The number of amides is 1. The summed E-state index contributed by atoms with van der Waals surface area (Å²) in [4.78, 5) is 12.4. The summed E-state index contributed by atoms with van der Waals surface area (Å²) in [5, 5.41) is 176. The Hall–Kier alpha value is -1.74. The third-order valence-electron chi connectivity index (χ3n) is 13.0. The Balaban J connectivity index is 1.52. The summed E-state index contributed by atoms with van der Waals surface area (Å²) in [6.45, 7) is -0.993. The molecule has 0 aromatic rings. The van der Waals surface area contributed by atoms with Crippen molar-refractivity contribution < 1.29 is 156 Å². The van der Waals surface area contributed by atoms with E-state index < -0.39 is 227 Å². The average Bonchev–Trinajstić information content (AvgIpc) is 3.32. The molecule has 0 radical (unpaired) electrons. The first-order valence-corrected chi connectivity index (χ1v) is 23.9. The Labute approximate surface area is 408 Å². The van der Waals surface area contributed by atoms with E-state index in [9.17, 15) is 99.5 Å². The quantitative estimate of drug-likeness (QED) is 0.0602. The lowest BCUT2D eigenvalue weighted by Gasteiger charge is -2.53. The summed E-state index contributed by atoms with van der Waals surface area (Å²) in [5.41, 5.74) is 0. The van der Waals surface area contributed by atoms with Gasteiger partial charge in [-0.15, -0.1) is 0 Å². The van der Waals surface area contributed by atoms with Crippen LogP contribution in [-0.2, 0) is 71.5 Å². The van der Waals surface area contributed by atoms with Crippen LogP contribution in [0, 0.1) is 0 Å². The van der Waals surface area contributed by atoms with Crippen molar-refractivity contribution in [2.24, 2.45) is 0 Å². The molecule has 1 unspecified atom stereocenters. The standard InChI is InChI=1S/C38H65NO32S/c1-8-16(45)21(50)24(53)34(60-8)68-30-23(52)18(47)11(4-40)64-37(30)69-31-27(66-36-26(55)29(71-72(57,58)59)20(49)13(6-42)63-36)14(7-43)65-38(32(31)70-35-25(54)22(51)17(46)9(2)61-35)67-28-15(39-10(3)44)33(56)62-12(5-41)19(28)48/h8-9,11-38,40-43,45-56H,4-7H2,1-3H3,(H,39,44)(H,57,58,59)/t8-,9-,11+,12+,13+,14+,15+,16+,17+,18-,19-,20-,21+,22+,23-,24-,25-,26+,27-,28+,29-,30+,31-,32+,33?,34-,35-,36-,37-,38-/m0/s1. The van der Waals surface area contributed by atoms with Crippen LogP contribution in [0.2, 0.25) is 0 Å². The van der Waals surface area contributed by atoms with Crippen molar-refractivity contribution in [2.45, 2.75) is 205 Å². The van der Waals surface area contributed by atoms with Gasteiger partial charge in [0.25, 0.3) is 0 Å². The number of hydrogen-bond donors (Lipinski definition) is 18. The second-order valence-corrected chi connectivity index (χ2v) is 19.0.